The van der Waals surface area contributed by atoms with E-state index in [0.29, 0.717) is 24.1 Å². The second kappa shape index (κ2) is 10.1. The highest BCUT2D eigenvalue weighted by Gasteiger charge is 2.17. The van der Waals surface area contributed by atoms with Gasteiger partial charge >= 0.3 is 0 Å². The smallest absolute Gasteiger partial charge is 0.208 e. The zero-order valence-corrected chi connectivity index (χ0v) is 20.9. The van der Waals surface area contributed by atoms with E-state index in [1.165, 1.54) is 11.1 Å². The Morgan fingerprint density at radius 3 is 2.28 bits per heavy atom. The fourth-order valence-corrected chi connectivity index (χ4v) is 4.60. The van der Waals surface area contributed by atoms with Gasteiger partial charge in [0.05, 0.1) is 11.3 Å². The quantitative estimate of drug-likeness (QED) is 0.399. The van der Waals surface area contributed by atoms with Crippen molar-refractivity contribution in [2.24, 2.45) is 17.0 Å². The minimum Gasteiger partial charge on any atom is -0.367 e. The summed E-state index contributed by atoms with van der Waals surface area (Å²) in [5.41, 5.74) is 6.33. The van der Waals surface area contributed by atoms with Crippen LogP contribution in [0.1, 0.15) is 12.5 Å². The highest BCUT2D eigenvalue weighted by Crippen LogP contribution is 2.19. The van der Waals surface area contributed by atoms with Crippen molar-refractivity contribution in [2.75, 3.05) is 12.4 Å². The van der Waals surface area contributed by atoms with Crippen LogP contribution in [0, 0.1) is 5.41 Å². The largest absolute Gasteiger partial charge is 0.367 e. The maximum absolute atomic E-state index is 9.09. The van der Waals surface area contributed by atoms with Crippen molar-refractivity contribution in [3.8, 4) is 11.1 Å². The predicted molar refractivity (Wildman–Crippen MR) is 143 cm³/mol. The number of benzene rings is 3. The molecule has 0 bridgehead atoms. The summed E-state index contributed by atoms with van der Waals surface area (Å²) in [6, 6.07) is 29.1. The highest BCUT2D eigenvalue weighted by atomic mass is 15.2. The van der Waals surface area contributed by atoms with Crippen LogP contribution < -0.4 is 32.4 Å². The monoisotopic (exact) mass is 477 g/mol. The van der Waals surface area contributed by atoms with Gasteiger partial charge in [0.2, 0.25) is 5.62 Å². The van der Waals surface area contributed by atoms with Gasteiger partial charge < -0.3 is 10.6 Å². The van der Waals surface area contributed by atoms with Crippen LogP contribution in [0.4, 0.5) is 5.69 Å². The molecule has 7 heteroatoms. The third kappa shape index (κ3) is 4.60. The molecule has 36 heavy (non-hydrogen) atoms. The molecule has 182 valence electrons. The topological polar surface area (TPSA) is 82.5 Å². The molecule has 0 spiro atoms. The van der Waals surface area contributed by atoms with Crippen LogP contribution in [0.5, 0.6) is 0 Å². The minimum atomic E-state index is 0.127. The van der Waals surface area contributed by atoms with Gasteiger partial charge in [0.1, 0.15) is 16.8 Å². The van der Waals surface area contributed by atoms with Gasteiger partial charge in [-0.1, -0.05) is 72.8 Å². The Morgan fingerprint density at radius 1 is 0.972 bits per heavy atom. The van der Waals surface area contributed by atoms with E-state index in [1.54, 1.807) is 7.05 Å². The Kier molecular flexibility index (Phi) is 6.54. The van der Waals surface area contributed by atoms with Crippen LogP contribution in [-0.4, -0.2) is 22.2 Å². The summed E-state index contributed by atoms with van der Waals surface area (Å²) in [6.45, 7) is 3.34. The number of hydrogen-bond acceptors (Lipinski definition) is 5. The van der Waals surface area contributed by atoms with Gasteiger partial charge in [-0.2, -0.15) is 0 Å². The average molecular weight is 478 g/mol. The highest BCUT2D eigenvalue weighted by molar-refractivity contribution is 5.64. The number of para-hydroxylation sites is 1. The number of nitrogens with one attached hydrogen (secondary N) is 3. The van der Waals surface area contributed by atoms with Crippen LogP contribution in [0.25, 0.3) is 16.9 Å². The first-order chi connectivity index (χ1) is 17.5. The molecule has 1 aliphatic heterocycles. The maximum atomic E-state index is 9.09. The van der Waals surface area contributed by atoms with Crippen LogP contribution >= 0.6 is 0 Å². The van der Waals surface area contributed by atoms with Crippen molar-refractivity contribution in [3.63, 3.8) is 0 Å². The summed E-state index contributed by atoms with van der Waals surface area (Å²) in [4.78, 5) is 9.29. The van der Waals surface area contributed by atoms with Gasteiger partial charge in [-0.25, -0.2) is 4.99 Å². The van der Waals surface area contributed by atoms with E-state index in [0.717, 1.165) is 27.9 Å². The van der Waals surface area contributed by atoms with Crippen molar-refractivity contribution in [2.45, 2.75) is 26.1 Å². The molecule has 1 aliphatic rings. The Bertz CT molecular complexity index is 1610. The Balaban J connectivity index is 1.57. The Hall–Kier alpha value is -4.39. The number of fused-ring (bicyclic) bond motifs is 1. The SMILES string of the molecule is C/N=c1/c(=C(/NCc2ccc(-c3ccccc3)cc2)Nc2ccccc2)c(=N)n2c(n1C)=N[C@H](C)C2. The summed E-state index contributed by atoms with van der Waals surface area (Å²) in [5.74, 6) is 0.740. The summed E-state index contributed by atoms with van der Waals surface area (Å²) < 4.78 is 3.93. The van der Waals surface area contributed by atoms with Gasteiger partial charge in [0.25, 0.3) is 0 Å². The molecule has 0 amide bonds. The molecule has 2 heterocycles. The minimum absolute atomic E-state index is 0.127. The molecule has 0 fully saturated rings. The van der Waals surface area contributed by atoms with Crippen LogP contribution in [0.3, 0.4) is 0 Å². The maximum Gasteiger partial charge on any atom is 0.208 e. The van der Waals surface area contributed by atoms with Gasteiger partial charge in [-0.05, 0) is 35.7 Å². The van der Waals surface area contributed by atoms with Gasteiger partial charge in [-0.3, -0.25) is 19.5 Å². The third-order valence-electron chi connectivity index (χ3n) is 6.41. The fourth-order valence-electron chi connectivity index (χ4n) is 4.60. The third-order valence-corrected chi connectivity index (χ3v) is 6.41. The lowest BCUT2D eigenvalue weighted by Gasteiger charge is -2.16. The molecule has 1 aromatic heterocycles. The van der Waals surface area contributed by atoms with Crippen molar-refractivity contribution >= 4 is 11.5 Å². The fraction of sp³-hybridized carbons (Fsp3) is 0.207. The first-order valence-corrected chi connectivity index (χ1v) is 12.1. The van der Waals surface area contributed by atoms with E-state index in [9.17, 15) is 0 Å². The van der Waals surface area contributed by atoms with Crippen LogP contribution in [0.2, 0.25) is 0 Å². The van der Waals surface area contributed by atoms with Crippen molar-refractivity contribution in [1.29, 1.82) is 5.41 Å². The van der Waals surface area contributed by atoms with E-state index >= 15 is 0 Å². The second-order valence-corrected chi connectivity index (χ2v) is 9.00. The Morgan fingerprint density at radius 2 is 1.61 bits per heavy atom. The first-order valence-electron chi connectivity index (χ1n) is 12.1. The molecule has 0 unspecified atom stereocenters. The lowest BCUT2D eigenvalue weighted by atomic mass is 10.0. The molecule has 3 N–H and O–H groups in total. The first kappa shape index (κ1) is 23.4. The Labute approximate surface area is 210 Å². The van der Waals surface area contributed by atoms with E-state index in [-0.39, 0.29) is 6.04 Å². The summed E-state index contributed by atoms with van der Waals surface area (Å²) in [7, 11) is 3.72. The van der Waals surface area contributed by atoms with Crippen molar-refractivity contribution in [3.05, 3.63) is 112 Å². The van der Waals surface area contributed by atoms with E-state index in [4.69, 9.17) is 10.4 Å². The van der Waals surface area contributed by atoms with Gasteiger partial charge in [0.15, 0.2) is 0 Å². The zero-order valence-electron chi connectivity index (χ0n) is 20.9. The molecule has 1 atom stereocenters. The average Bonchev–Trinajstić information content (AvgIpc) is 3.32. The molecule has 0 aliphatic carbocycles. The van der Waals surface area contributed by atoms with Gasteiger partial charge in [-0.15, -0.1) is 0 Å². The molecular formula is C29H31N7. The van der Waals surface area contributed by atoms with E-state index < -0.39 is 0 Å². The molecule has 0 radical (unpaired) electrons. The lowest BCUT2D eigenvalue weighted by molar-refractivity contribution is 0.577. The van der Waals surface area contributed by atoms with Crippen LogP contribution in [0.15, 0.2) is 94.9 Å². The van der Waals surface area contributed by atoms with Crippen molar-refractivity contribution in [1.82, 2.24) is 14.5 Å². The summed E-state index contributed by atoms with van der Waals surface area (Å²) in [5, 5.41) is 16.9. The standard InChI is InChI=1S/C29H31N7/c1-20-19-36-26(30)25(28(31-2)35(3)29(36)33-20)27(34-24-12-8-5-9-13-24)32-18-21-14-16-23(17-15-21)22-10-6-4-7-11-22/h4-17,20,30,32,34H,18-19H2,1-3H3/b27-25-,30-26?,31-28-/t20-/m1/s1. The molecule has 0 saturated heterocycles. The number of hydrogen-bond donors (Lipinski definition) is 3. The van der Waals surface area contributed by atoms with Crippen molar-refractivity contribution < 1.29 is 0 Å². The summed E-state index contributed by atoms with van der Waals surface area (Å²) >= 11 is 0. The normalized spacial score (nSPS) is 15.8. The summed E-state index contributed by atoms with van der Waals surface area (Å²) in [6.07, 6.45) is 0. The zero-order chi connectivity index (χ0) is 25.1. The predicted octanol–water partition coefficient (Wildman–Crippen LogP) is 2.49. The van der Waals surface area contributed by atoms with Gasteiger partial charge in [0, 0.05) is 32.9 Å². The van der Waals surface area contributed by atoms with E-state index in [1.807, 2.05) is 52.6 Å². The molecule has 3 aromatic carbocycles. The molecule has 5 rings (SSSR count). The number of anilines is 1. The number of aromatic nitrogens is 2. The molecule has 7 nitrogen and oxygen atoms in total. The van der Waals surface area contributed by atoms with Crippen LogP contribution in [-0.2, 0) is 20.1 Å². The molecular weight excluding hydrogens is 446 g/mol. The number of rotatable bonds is 6. The number of nitrogens with zero attached hydrogens (tertiary/aromatic N) is 4. The lowest BCUT2D eigenvalue weighted by Crippen LogP contribution is -2.59. The molecule has 0 saturated carbocycles. The molecule has 4 aromatic rings. The van der Waals surface area contributed by atoms with E-state index in [2.05, 4.69) is 71.1 Å². The second-order valence-electron chi connectivity index (χ2n) is 9.00.